The van der Waals surface area contributed by atoms with Crippen molar-refractivity contribution in [2.75, 3.05) is 5.32 Å². The second kappa shape index (κ2) is 5.50. The summed E-state index contributed by atoms with van der Waals surface area (Å²) in [6, 6.07) is 2.94. The van der Waals surface area contributed by atoms with Crippen molar-refractivity contribution >= 4 is 23.3 Å². The zero-order chi connectivity index (χ0) is 16.7. The lowest BCUT2D eigenvalue weighted by atomic mass is 9.86. The van der Waals surface area contributed by atoms with E-state index < -0.39 is 17.7 Å². The Hall–Kier alpha value is -2.13. The van der Waals surface area contributed by atoms with Crippen molar-refractivity contribution in [2.45, 2.75) is 24.6 Å². The van der Waals surface area contributed by atoms with Crippen LogP contribution in [-0.2, 0) is 5.54 Å². The number of carbonyl (C=O) groups excluding carboxylic acids is 1. The van der Waals surface area contributed by atoms with E-state index in [9.17, 15) is 18.0 Å². The predicted molar refractivity (Wildman–Crippen MR) is 81.0 cm³/mol. The van der Waals surface area contributed by atoms with E-state index in [4.69, 9.17) is 11.6 Å². The third kappa shape index (κ3) is 3.02. The SMILES string of the molecule is O=C1Nc2ccc(Cl)cc2[C@@](C#C/C=C/C2CC2)(C(F)(F)F)N1. The van der Waals surface area contributed by atoms with Gasteiger partial charge in [0.1, 0.15) is 0 Å². The number of halogens is 4. The van der Waals surface area contributed by atoms with Gasteiger partial charge in [0, 0.05) is 16.3 Å². The second-order valence-corrected chi connectivity index (χ2v) is 5.92. The first kappa shape index (κ1) is 15.8. The molecule has 0 unspecified atom stereocenters. The van der Waals surface area contributed by atoms with E-state index >= 15 is 0 Å². The van der Waals surface area contributed by atoms with Gasteiger partial charge in [-0.1, -0.05) is 29.5 Å². The minimum absolute atomic E-state index is 0.0379. The number of anilines is 1. The van der Waals surface area contributed by atoms with Crippen molar-refractivity contribution in [3.8, 4) is 11.8 Å². The third-order valence-electron chi connectivity index (χ3n) is 3.69. The largest absolute Gasteiger partial charge is 0.427 e. The molecule has 1 aromatic carbocycles. The van der Waals surface area contributed by atoms with Gasteiger partial charge < -0.3 is 10.6 Å². The summed E-state index contributed by atoms with van der Waals surface area (Å²) < 4.78 is 41.3. The number of hydrogen-bond acceptors (Lipinski definition) is 1. The highest BCUT2D eigenvalue weighted by Crippen LogP contribution is 2.44. The average molecular weight is 341 g/mol. The molecule has 3 nitrogen and oxygen atoms in total. The molecule has 23 heavy (non-hydrogen) atoms. The van der Waals surface area contributed by atoms with Crippen LogP contribution in [0.4, 0.5) is 23.7 Å². The molecule has 1 aromatic rings. The summed E-state index contributed by atoms with van der Waals surface area (Å²) in [7, 11) is 0. The summed E-state index contributed by atoms with van der Waals surface area (Å²) >= 11 is 5.83. The highest BCUT2D eigenvalue weighted by Gasteiger charge is 2.59. The van der Waals surface area contributed by atoms with Crippen molar-refractivity contribution in [1.82, 2.24) is 5.32 Å². The van der Waals surface area contributed by atoms with Crippen molar-refractivity contribution in [3.63, 3.8) is 0 Å². The maximum Gasteiger partial charge on any atom is 0.427 e. The normalized spacial score (nSPS) is 23.6. The Morgan fingerprint density at radius 3 is 2.74 bits per heavy atom. The lowest BCUT2D eigenvalue weighted by molar-refractivity contribution is -0.178. The number of amides is 2. The maximum atomic E-state index is 13.8. The van der Waals surface area contributed by atoms with Gasteiger partial charge in [0.2, 0.25) is 5.54 Å². The number of nitrogens with one attached hydrogen (secondary N) is 2. The van der Waals surface area contributed by atoms with Crippen LogP contribution in [0.5, 0.6) is 0 Å². The molecule has 1 aliphatic heterocycles. The molecule has 2 aliphatic rings. The highest BCUT2D eigenvalue weighted by molar-refractivity contribution is 6.30. The number of allylic oxidation sites excluding steroid dienone is 2. The molecule has 0 aromatic heterocycles. The number of benzene rings is 1. The van der Waals surface area contributed by atoms with Crippen molar-refractivity contribution in [1.29, 1.82) is 0 Å². The summed E-state index contributed by atoms with van der Waals surface area (Å²) in [6.45, 7) is 0. The average Bonchev–Trinajstić information content (AvgIpc) is 3.27. The van der Waals surface area contributed by atoms with Crippen molar-refractivity contribution in [2.24, 2.45) is 5.92 Å². The molecule has 2 amide bonds. The zero-order valence-electron chi connectivity index (χ0n) is 11.8. The fourth-order valence-electron chi connectivity index (χ4n) is 2.34. The predicted octanol–water partition coefficient (Wildman–Crippen LogP) is 4.20. The van der Waals surface area contributed by atoms with Crippen LogP contribution in [0.2, 0.25) is 5.02 Å². The smallest absolute Gasteiger partial charge is 0.310 e. The van der Waals surface area contributed by atoms with Gasteiger partial charge in [-0.25, -0.2) is 4.79 Å². The molecule has 1 fully saturated rings. The van der Waals surface area contributed by atoms with Crippen molar-refractivity contribution < 1.29 is 18.0 Å². The second-order valence-electron chi connectivity index (χ2n) is 5.48. The quantitative estimate of drug-likeness (QED) is 0.739. The molecular formula is C16H12ClF3N2O. The summed E-state index contributed by atoms with van der Waals surface area (Å²) in [5, 5.41) is 4.38. The molecule has 2 N–H and O–H groups in total. The Morgan fingerprint density at radius 1 is 1.35 bits per heavy atom. The van der Waals surface area contributed by atoms with E-state index in [1.165, 1.54) is 18.2 Å². The van der Waals surface area contributed by atoms with Gasteiger partial charge >= 0.3 is 12.2 Å². The topological polar surface area (TPSA) is 41.1 Å². The summed E-state index contributed by atoms with van der Waals surface area (Å²) in [5.41, 5.74) is -2.97. The Balaban J connectivity index is 2.11. The van der Waals surface area contributed by atoms with Gasteiger partial charge in [-0.05, 0) is 43.0 Å². The number of carbonyl (C=O) groups is 1. The number of rotatable bonds is 1. The van der Waals surface area contributed by atoms with Gasteiger partial charge in [-0.2, -0.15) is 13.2 Å². The van der Waals surface area contributed by atoms with E-state index in [2.05, 4.69) is 17.2 Å². The van der Waals surface area contributed by atoms with E-state index in [1.807, 2.05) is 5.32 Å². The fraction of sp³-hybridized carbons (Fsp3) is 0.312. The molecule has 0 saturated heterocycles. The third-order valence-corrected chi connectivity index (χ3v) is 3.93. The molecule has 120 valence electrons. The zero-order valence-corrected chi connectivity index (χ0v) is 12.6. The highest BCUT2D eigenvalue weighted by atomic mass is 35.5. The van der Waals surface area contributed by atoms with Crippen LogP contribution in [0.15, 0.2) is 30.4 Å². The Kier molecular flexibility index (Phi) is 3.77. The molecule has 1 heterocycles. The van der Waals surface area contributed by atoms with Crippen LogP contribution in [0.3, 0.4) is 0 Å². The van der Waals surface area contributed by atoms with Crippen LogP contribution in [-0.4, -0.2) is 12.2 Å². The molecular weight excluding hydrogens is 329 g/mol. The van der Waals surface area contributed by atoms with Gasteiger partial charge in [-0.15, -0.1) is 0 Å². The minimum Gasteiger partial charge on any atom is -0.310 e. The molecule has 1 saturated carbocycles. The first-order chi connectivity index (χ1) is 10.8. The lowest BCUT2D eigenvalue weighted by Crippen LogP contribution is -2.59. The summed E-state index contributed by atoms with van der Waals surface area (Å²) in [4.78, 5) is 11.7. The molecule has 3 rings (SSSR count). The van der Waals surface area contributed by atoms with Crippen LogP contribution >= 0.6 is 11.6 Å². The van der Waals surface area contributed by atoms with Crippen LogP contribution < -0.4 is 10.6 Å². The van der Waals surface area contributed by atoms with Crippen LogP contribution in [0.1, 0.15) is 18.4 Å². The van der Waals surface area contributed by atoms with E-state index in [-0.39, 0.29) is 16.3 Å². The number of alkyl halides is 3. The molecule has 0 spiro atoms. The van der Waals surface area contributed by atoms with Crippen molar-refractivity contribution in [3.05, 3.63) is 40.9 Å². The minimum atomic E-state index is -4.80. The number of fused-ring (bicyclic) bond motifs is 1. The Morgan fingerprint density at radius 2 is 2.09 bits per heavy atom. The molecule has 1 aliphatic carbocycles. The van der Waals surface area contributed by atoms with Gasteiger partial charge in [0.25, 0.3) is 0 Å². The maximum absolute atomic E-state index is 13.8. The molecule has 1 atom stereocenters. The van der Waals surface area contributed by atoms with Crippen LogP contribution in [0.25, 0.3) is 0 Å². The summed E-state index contributed by atoms with van der Waals surface area (Å²) in [6.07, 6.45) is 0.441. The molecule has 0 bridgehead atoms. The van der Waals surface area contributed by atoms with Crippen LogP contribution in [0, 0.1) is 17.8 Å². The fourth-order valence-corrected chi connectivity index (χ4v) is 2.51. The van der Waals surface area contributed by atoms with E-state index in [0.717, 1.165) is 18.9 Å². The van der Waals surface area contributed by atoms with Gasteiger partial charge in [0.05, 0.1) is 0 Å². The lowest BCUT2D eigenvalue weighted by Gasteiger charge is -2.37. The molecule has 0 radical (unpaired) electrons. The Bertz CT molecular complexity index is 744. The van der Waals surface area contributed by atoms with Gasteiger partial charge in [0.15, 0.2) is 0 Å². The number of hydrogen-bond donors (Lipinski definition) is 2. The Labute approximate surface area is 135 Å². The number of urea groups is 1. The standard InChI is InChI=1S/C16H12ClF3N2O/c17-11-6-7-13-12(9-11)15(16(18,19)20,22-14(23)21-13)8-2-1-3-10-4-5-10/h1,3,6-7,9-10H,4-5H2,(H2,21,22,23)/b3-1+/t15-/m0/s1. The summed E-state index contributed by atoms with van der Waals surface area (Å²) in [5.74, 6) is 5.00. The first-order valence-electron chi connectivity index (χ1n) is 6.97. The first-order valence-corrected chi connectivity index (χ1v) is 7.35. The van der Waals surface area contributed by atoms with Gasteiger partial charge in [-0.3, -0.25) is 0 Å². The van der Waals surface area contributed by atoms with E-state index in [1.54, 1.807) is 6.08 Å². The molecule has 7 heteroatoms. The monoisotopic (exact) mass is 340 g/mol. The van der Waals surface area contributed by atoms with E-state index in [0.29, 0.717) is 5.92 Å².